The summed E-state index contributed by atoms with van der Waals surface area (Å²) in [6, 6.07) is 2.08. The molecule has 0 radical (unpaired) electrons. The summed E-state index contributed by atoms with van der Waals surface area (Å²) < 4.78 is 5.98. The first-order valence-corrected chi connectivity index (χ1v) is 8.24. The number of hydrogen-bond donors (Lipinski definition) is 1. The number of likely N-dealkylation sites (N-methyl/N-ethyl adjacent to an activating group) is 1. The maximum Gasteiger partial charge on any atom is 0.0731 e. The second-order valence-electron chi connectivity index (χ2n) is 7.28. The van der Waals surface area contributed by atoms with Crippen molar-refractivity contribution in [3.63, 3.8) is 0 Å². The normalized spacial score (nSPS) is 42.5. The zero-order chi connectivity index (χ0) is 13.5. The molecule has 0 aromatic rings. The van der Waals surface area contributed by atoms with E-state index in [1.165, 1.54) is 32.1 Å². The molecule has 3 heteroatoms. The molecule has 1 aliphatic heterocycles. The fraction of sp³-hybridized carbons (Fsp3) is 1.00. The van der Waals surface area contributed by atoms with E-state index in [1.54, 1.807) is 0 Å². The second kappa shape index (κ2) is 5.34. The Morgan fingerprint density at radius 1 is 1.21 bits per heavy atom. The highest BCUT2D eigenvalue weighted by Gasteiger charge is 2.48. The van der Waals surface area contributed by atoms with Gasteiger partial charge >= 0.3 is 0 Å². The Morgan fingerprint density at radius 3 is 2.84 bits per heavy atom. The summed E-state index contributed by atoms with van der Waals surface area (Å²) in [5, 5.41) is 3.78. The van der Waals surface area contributed by atoms with E-state index in [0.29, 0.717) is 23.6 Å². The van der Waals surface area contributed by atoms with E-state index >= 15 is 0 Å². The molecule has 3 rings (SSSR count). The third-order valence-corrected chi connectivity index (χ3v) is 5.69. The molecule has 0 spiro atoms. The predicted octanol–water partition coefficient (Wildman–Crippen LogP) is 2.41. The fourth-order valence-corrected chi connectivity index (χ4v) is 4.72. The van der Waals surface area contributed by atoms with Gasteiger partial charge in [0.2, 0.25) is 0 Å². The Morgan fingerprint density at radius 2 is 2.05 bits per heavy atom. The molecule has 110 valence electrons. The van der Waals surface area contributed by atoms with Gasteiger partial charge in [-0.1, -0.05) is 20.8 Å². The first kappa shape index (κ1) is 13.8. The lowest BCUT2D eigenvalue weighted by Crippen LogP contribution is -2.59. The zero-order valence-corrected chi connectivity index (χ0v) is 12.8. The summed E-state index contributed by atoms with van der Waals surface area (Å²) in [6.07, 6.45) is 7.22. The van der Waals surface area contributed by atoms with Crippen molar-refractivity contribution in [2.75, 3.05) is 19.7 Å². The van der Waals surface area contributed by atoms with E-state index in [0.717, 1.165) is 25.7 Å². The van der Waals surface area contributed by atoms with Crippen LogP contribution in [0.25, 0.3) is 0 Å². The summed E-state index contributed by atoms with van der Waals surface area (Å²) >= 11 is 0. The first-order valence-electron chi connectivity index (χ1n) is 8.24. The van der Waals surface area contributed by atoms with Crippen molar-refractivity contribution in [1.82, 2.24) is 10.2 Å². The van der Waals surface area contributed by atoms with Crippen LogP contribution >= 0.6 is 0 Å². The molecule has 19 heavy (non-hydrogen) atoms. The monoisotopic (exact) mass is 266 g/mol. The Balaban J connectivity index is 1.76. The number of nitrogens with zero attached hydrogens (tertiary/aromatic N) is 1. The lowest BCUT2D eigenvalue weighted by Gasteiger charge is -2.45. The van der Waals surface area contributed by atoms with Gasteiger partial charge in [-0.25, -0.2) is 0 Å². The summed E-state index contributed by atoms with van der Waals surface area (Å²) in [6.45, 7) is 10.3. The van der Waals surface area contributed by atoms with Crippen LogP contribution in [-0.2, 0) is 4.74 Å². The highest BCUT2D eigenvalue weighted by molar-refractivity contribution is 5.04. The average molecular weight is 266 g/mol. The van der Waals surface area contributed by atoms with Crippen molar-refractivity contribution in [2.45, 2.75) is 77.1 Å². The first-order chi connectivity index (χ1) is 9.13. The second-order valence-corrected chi connectivity index (χ2v) is 7.28. The molecule has 0 aromatic heterocycles. The smallest absolute Gasteiger partial charge is 0.0731 e. The van der Waals surface area contributed by atoms with E-state index in [-0.39, 0.29) is 0 Å². The third-order valence-electron chi connectivity index (χ3n) is 5.69. The van der Waals surface area contributed by atoms with Gasteiger partial charge in [0.25, 0.3) is 0 Å². The highest BCUT2D eigenvalue weighted by Crippen LogP contribution is 2.43. The van der Waals surface area contributed by atoms with E-state index in [4.69, 9.17) is 4.74 Å². The summed E-state index contributed by atoms with van der Waals surface area (Å²) in [5.74, 6) is 0. The van der Waals surface area contributed by atoms with Crippen molar-refractivity contribution >= 4 is 0 Å². The maximum absolute atomic E-state index is 5.98. The quantitative estimate of drug-likeness (QED) is 0.849. The van der Waals surface area contributed by atoms with Gasteiger partial charge in [-0.3, -0.25) is 4.90 Å². The van der Waals surface area contributed by atoms with Crippen LogP contribution in [0.5, 0.6) is 0 Å². The van der Waals surface area contributed by atoms with Gasteiger partial charge in [-0.05, 0) is 44.1 Å². The van der Waals surface area contributed by atoms with Gasteiger partial charge in [-0.15, -0.1) is 0 Å². The number of rotatable bonds is 3. The molecule has 2 saturated carbocycles. The Bertz CT molecular complexity index is 318. The summed E-state index contributed by atoms with van der Waals surface area (Å²) in [4.78, 5) is 2.81. The molecule has 1 heterocycles. The van der Waals surface area contributed by atoms with E-state index < -0.39 is 0 Å². The molecular formula is C16H30N2O. The van der Waals surface area contributed by atoms with Crippen LogP contribution in [0.3, 0.4) is 0 Å². The Hall–Kier alpha value is -0.120. The number of hydrogen-bond acceptors (Lipinski definition) is 3. The van der Waals surface area contributed by atoms with Crippen LogP contribution < -0.4 is 5.32 Å². The molecule has 0 amide bonds. The molecule has 3 nitrogen and oxygen atoms in total. The molecular weight excluding hydrogens is 236 g/mol. The van der Waals surface area contributed by atoms with E-state index in [1.807, 2.05) is 0 Å². The highest BCUT2D eigenvalue weighted by atomic mass is 16.5. The van der Waals surface area contributed by atoms with Gasteiger partial charge in [0.15, 0.2) is 0 Å². The molecule has 2 aliphatic carbocycles. The topological polar surface area (TPSA) is 24.5 Å². The minimum atomic E-state index is 0.438. The summed E-state index contributed by atoms with van der Waals surface area (Å²) in [7, 11) is 0. The molecule has 3 aliphatic rings. The van der Waals surface area contributed by atoms with Crippen molar-refractivity contribution in [2.24, 2.45) is 5.41 Å². The van der Waals surface area contributed by atoms with Crippen LogP contribution in [0, 0.1) is 5.41 Å². The van der Waals surface area contributed by atoms with Crippen molar-refractivity contribution < 1.29 is 4.74 Å². The third kappa shape index (κ3) is 2.45. The van der Waals surface area contributed by atoms with Crippen LogP contribution in [0.4, 0.5) is 0 Å². The Labute approximate surface area is 118 Å². The van der Waals surface area contributed by atoms with Crippen LogP contribution in [-0.4, -0.2) is 48.8 Å². The molecule has 3 fully saturated rings. The lowest BCUT2D eigenvalue weighted by molar-refractivity contribution is -0.0761. The number of ether oxygens (including phenoxy) is 1. The van der Waals surface area contributed by atoms with Crippen LogP contribution in [0.15, 0.2) is 0 Å². The molecule has 1 N–H and O–H groups in total. The van der Waals surface area contributed by atoms with Crippen LogP contribution in [0.1, 0.15) is 52.9 Å². The maximum atomic E-state index is 5.98. The van der Waals surface area contributed by atoms with Crippen LogP contribution in [0.2, 0.25) is 0 Å². The summed E-state index contributed by atoms with van der Waals surface area (Å²) in [5.41, 5.74) is 0.438. The number of fused-ring (bicyclic) bond motifs is 1. The number of morpholine rings is 1. The molecule has 4 atom stereocenters. The lowest BCUT2D eigenvalue weighted by atomic mass is 9.86. The fourth-order valence-electron chi connectivity index (χ4n) is 4.72. The van der Waals surface area contributed by atoms with Gasteiger partial charge in [0.1, 0.15) is 0 Å². The van der Waals surface area contributed by atoms with E-state index in [9.17, 15) is 0 Å². The zero-order valence-electron chi connectivity index (χ0n) is 12.8. The largest absolute Gasteiger partial charge is 0.375 e. The number of nitrogens with one attached hydrogen (secondary N) is 1. The predicted molar refractivity (Wildman–Crippen MR) is 78.4 cm³/mol. The standard InChI is InChI=1S/C16H30N2O/c1-4-17-15-13(8-9-16(15,2)3)18-10-11-19-14-7-5-6-12(14)18/h12-15,17H,4-11H2,1-3H3. The van der Waals surface area contributed by atoms with Gasteiger partial charge < -0.3 is 10.1 Å². The Kier molecular flexibility index (Phi) is 3.89. The minimum absolute atomic E-state index is 0.438. The molecule has 1 saturated heterocycles. The van der Waals surface area contributed by atoms with Crippen molar-refractivity contribution in [1.29, 1.82) is 0 Å². The average Bonchev–Trinajstić information content (AvgIpc) is 2.95. The van der Waals surface area contributed by atoms with Crippen molar-refractivity contribution in [3.8, 4) is 0 Å². The van der Waals surface area contributed by atoms with E-state index in [2.05, 4.69) is 31.0 Å². The van der Waals surface area contributed by atoms with Gasteiger partial charge in [0, 0.05) is 24.7 Å². The van der Waals surface area contributed by atoms with Gasteiger partial charge in [-0.2, -0.15) is 0 Å². The SMILES string of the molecule is CCNC1C(N2CCOC3CCCC32)CCC1(C)C. The molecule has 0 bridgehead atoms. The van der Waals surface area contributed by atoms with Gasteiger partial charge in [0.05, 0.1) is 12.7 Å². The molecule has 4 unspecified atom stereocenters. The van der Waals surface area contributed by atoms with Crippen molar-refractivity contribution in [3.05, 3.63) is 0 Å². The minimum Gasteiger partial charge on any atom is -0.375 e. The molecule has 0 aromatic carbocycles.